The second-order valence-corrected chi connectivity index (χ2v) is 12.5. The van der Waals surface area contributed by atoms with Crippen LogP contribution < -0.4 is 0 Å². The van der Waals surface area contributed by atoms with E-state index in [4.69, 9.17) is 24.7 Å². The van der Waals surface area contributed by atoms with E-state index in [1.165, 1.54) is 0 Å². The van der Waals surface area contributed by atoms with E-state index in [1.807, 2.05) is 0 Å². The number of benzene rings is 10. The smallest absolute Gasteiger partial charge is 0.0622 e. The van der Waals surface area contributed by atoms with E-state index in [-0.39, 0.29) is 0 Å². The Morgan fingerprint density at radius 3 is 1.25 bits per heavy atom. The lowest BCUT2D eigenvalue weighted by Crippen LogP contribution is -2.25. The summed E-state index contributed by atoms with van der Waals surface area (Å²) in [5, 5.41) is -3.89. The van der Waals surface area contributed by atoms with Crippen LogP contribution in [0.25, 0.3) is 88.0 Å². The molecule has 0 N–H and O–H groups in total. The Morgan fingerprint density at radius 1 is 0.236 bits per heavy atom. The van der Waals surface area contributed by atoms with Crippen LogP contribution in [0.15, 0.2) is 205 Å². The summed E-state index contributed by atoms with van der Waals surface area (Å²) in [6.45, 7) is 0. The third-order valence-corrected chi connectivity index (χ3v) is 9.88. The van der Waals surface area contributed by atoms with Crippen molar-refractivity contribution >= 4 is 32.3 Å². The van der Waals surface area contributed by atoms with Crippen LogP contribution in [0.4, 0.5) is 0 Å². The summed E-state index contributed by atoms with van der Waals surface area (Å²) >= 11 is 0. The molecule has 0 aromatic heterocycles. The van der Waals surface area contributed by atoms with E-state index in [0.717, 1.165) is 0 Å². The van der Waals surface area contributed by atoms with Gasteiger partial charge in [0.2, 0.25) is 0 Å². The van der Waals surface area contributed by atoms with Crippen LogP contribution in [-0.4, -0.2) is 0 Å². The van der Waals surface area contributed by atoms with Crippen molar-refractivity contribution in [1.29, 1.82) is 0 Å². The third kappa shape index (κ3) is 4.17. The van der Waals surface area contributed by atoms with Gasteiger partial charge in [-0.05, 0) is 128 Å². The molecule has 0 heteroatoms. The lowest BCUT2D eigenvalue weighted by Gasteiger charge is -2.30. The van der Waals surface area contributed by atoms with Crippen molar-refractivity contribution < 1.29 is 46.6 Å². The molecule has 0 heterocycles. The van der Waals surface area contributed by atoms with Gasteiger partial charge < -0.3 is 0 Å². The van der Waals surface area contributed by atoms with Crippen LogP contribution in [0.3, 0.4) is 0 Å². The van der Waals surface area contributed by atoms with Crippen LogP contribution in [0.5, 0.6) is 0 Å². The average molecular weight is 729 g/mol. The minimum absolute atomic E-state index is 0.562. The molecule has 0 radical (unpaired) electrons. The highest BCUT2D eigenvalue weighted by atomic mass is 14.5. The van der Waals surface area contributed by atoms with E-state index in [9.17, 15) is 21.9 Å². The van der Waals surface area contributed by atoms with E-state index in [0.29, 0.717) is 0 Å². The molecule has 0 unspecified atom stereocenters. The van der Waals surface area contributed by atoms with Gasteiger partial charge in [-0.2, -0.15) is 0 Å². The van der Waals surface area contributed by atoms with Gasteiger partial charge in [0.1, 0.15) is 0 Å². The molecule has 0 saturated carbocycles. The monoisotopic (exact) mass is 728 g/mol. The molecule has 0 atom stereocenters. The first-order valence-electron chi connectivity index (χ1n) is 33.5. The van der Waals surface area contributed by atoms with Crippen LogP contribution in [-0.2, 0) is 5.41 Å². The van der Waals surface area contributed by atoms with Gasteiger partial charge in [-0.1, -0.05) is 187 Å². The molecule has 0 fully saturated rings. The van der Waals surface area contributed by atoms with Gasteiger partial charge in [-0.3, -0.25) is 0 Å². The quantitative estimate of drug-likeness (QED) is 0.159. The van der Waals surface area contributed by atoms with Gasteiger partial charge in [-0.25, -0.2) is 0 Å². The normalized spacial score (nSPS) is 21.9. The van der Waals surface area contributed by atoms with Crippen molar-refractivity contribution in [2.24, 2.45) is 0 Å². The Kier molecular flexibility index (Phi) is 2.56. The highest BCUT2D eigenvalue weighted by Crippen LogP contribution is 2.63. The van der Waals surface area contributed by atoms with E-state index < -0.39 is 321 Å². The molecule has 0 bridgehead atoms. The Morgan fingerprint density at radius 2 is 0.655 bits per heavy atom. The second kappa shape index (κ2) is 11.5. The lowest BCUT2D eigenvalue weighted by molar-refractivity contribution is 0.794. The molecule has 1 spiro atoms. The van der Waals surface area contributed by atoms with Gasteiger partial charge in [0, 0.05) is 0 Å². The number of rotatable bonds is 3. The standard InChI is InChI=1S/C55H34/c1-2-14-35(15-3-1)39-29-26-36(32-48(39)38-27-30-44-42-18-5-4-16-40(42)41-17-6-7-19-43(41)49(44)34-38)37-28-31-54-50(33-37)47-22-10-13-25-53(47)55(54)51-23-11-8-20-45(51)46-21-9-12-24-52(46)55/h1-34H/i1D,2D,3D,4D,5D,6D,7D,8D,9D,10D,11D,12D,13D,14D,15D,16D,17D,18D,19D,20D,21D,22D,23D,24D,25D,26D,27D,28D,29D,30D,31D,32D,33D,34D. The second-order valence-electron chi connectivity index (χ2n) is 12.5. The fourth-order valence-electron chi connectivity index (χ4n) is 7.66. The number of hydrogen-bond acceptors (Lipinski definition) is 0. The Labute approximate surface area is 368 Å². The molecule has 2 aliphatic rings. The molecular weight excluding hydrogens is 661 g/mol. The van der Waals surface area contributed by atoms with Gasteiger partial charge in [0.15, 0.2) is 0 Å². The Hall–Kier alpha value is -7.02. The van der Waals surface area contributed by atoms with Crippen molar-refractivity contribution in [3.05, 3.63) is 228 Å². The first-order valence-corrected chi connectivity index (χ1v) is 16.5. The van der Waals surface area contributed by atoms with Gasteiger partial charge in [0.25, 0.3) is 0 Å². The first kappa shape index (κ1) is 12.2. The van der Waals surface area contributed by atoms with E-state index in [1.54, 1.807) is 0 Å². The van der Waals surface area contributed by atoms with Gasteiger partial charge >= 0.3 is 0 Å². The van der Waals surface area contributed by atoms with Crippen LogP contribution in [0.2, 0.25) is 0 Å². The number of hydrogen-bond donors (Lipinski definition) is 0. The largest absolute Gasteiger partial charge is 0.0725 e. The zero-order chi connectivity index (χ0) is 65.7. The predicted molar refractivity (Wildman–Crippen MR) is 232 cm³/mol. The zero-order valence-electron chi connectivity index (χ0n) is 61.5. The van der Waals surface area contributed by atoms with Crippen molar-refractivity contribution in [3.63, 3.8) is 0 Å². The molecular formula is C55H34. The van der Waals surface area contributed by atoms with Crippen molar-refractivity contribution in [2.45, 2.75) is 5.41 Å². The fourth-order valence-corrected chi connectivity index (χ4v) is 7.66. The summed E-state index contributed by atoms with van der Waals surface area (Å²) < 4.78 is 315. The average Bonchev–Trinajstić information content (AvgIpc) is 1.51. The van der Waals surface area contributed by atoms with Crippen molar-refractivity contribution in [3.8, 4) is 55.6 Å². The maximum Gasteiger partial charge on any atom is 0.0725 e. The summed E-state index contributed by atoms with van der Waals surface area (Å²) in [6, 6.07) is -35.0. The highest BCUT2D eigenvalue weighted by molar-refractivity contribution is 6.25. The summed E-state index contributed by atoms with van der Waals surface area (Å²) in [5.74, 6) is 0. The highest BCUT2D eigenvalue weighted by Gasteiger charge is 2.51. The maximum atomic E-state index is 10.3. The zero-order valence-corrected chi connectivity index (χ0v) is 27.5. The molecule has 10 aromatic carbocycles. The molecule has 0 amide bonds. The Bertz CT molecular complexity index is 5040. The van der Waals surface area contributed by atoms with E-state index >= 15 is 0 Å². The maximum absolute atomic E-state index is 10.3. The summed E-state index contributed by atoms with van der Waals surface area (Å²) in [5.41, 5.74) is -14.7. The van der Waals surface area contributed by atoms with E-state index in [2.05, 4.69) is 0 Å². The summed E-state index contributed by atoms with van der Waals surface area (Å²) in [4.78, 5) is 0. The SMILES string of the molecule is [2H]c1c([2H])c([2H])c(-c2c([2H])c([2H])c(-c3c([2H])c([2H])c4c(c3[2H])-c3c([2H])c([2H])c([2H])c([2H])c3C43c4c([2H])c([2H])c([2H])c([2H])c4-c4c([2H])c([2H])c([2H])c([2H])c43)c([2H])c2-c2c([2H])c([2H])c3c4c([2H])c([2H])c([2H])c([2H])c4c4c([2H])c([2H])c([2H])c([2H])c4c3c2[2H])c([2H])c1[2H]. The van der Waals surface area contributed by atoms with Gasteiger partial charge in [-0.15, -0.1) is 0 Å². The molecule has 0 nitrogen and oxygen atoms in total. The van der Waals surface area contributed by atoms with Crippen LogP contribution >= 0.6 is 0 Å². The van der Waals surface area contributed by atoms with Gasteiger partial charge in [0.05, 0.1) is 52.0 Å². The predicted octanol–water partition coefficient (Wildman–Crippen LogP) is 14.5. The molecule has 0 saturated heterocycles. The molecule has 0 aliphatic heterocycles. The minimum atomic E-state index is -2.87. The van der Waals surface area contributed by atoms with Crippen molar-refractivity contribution in [2.75, 3.05) is 0 Å². The lowest BCUT2D eigenvalue weighted by atomic mass is 9.70. The summed E-state index contributed by atoms with van der Waals surface area (Å²) in [7, 11) is 0. The Balaban J connectivity index is 1.34. The summed E-state index contributed by atoms with van der Waals surface area (Å²) in [6.07, 6.45) is 0. The minimum Gasteiger partial charge on any atom is -0.0622 e. The fraction of sp³-hybridized carbons (Fsp3) is 0.0182. The van der Waals surface area contributed by atoms with Crippen LogP contribution in [0.1, 0.15) is 68.9 Å². The van der Waals surface area contributed by atoms with Crippen LogP contribution in [0, 0.1) is 0 Å². The molecule has 12 rings (SSSR count). The topological polar surface area (TPSA) is 0 Å². The third-order valence-electron chi connectivity index (χ3n) is 9.88. The molecule has 10 aromatic rings. The first-order chi connectivity index (χ1) is 41.5. The number of fused-ring (bicyclic) bond motifs is 16. The molecule has 2 aliphatic carbocycles. The van der Waals surface area contributed by atoms with Crippen molar-refractivity contribution in [1.82, 2.24) is 0 Å². The molecule has 55 heavy (non-hydrogen) atoms. The molecule has 254 valence electrons.